The van der Waals surface area contributed by atoms with Crippen molar-refractivity contribution in [3.05, 3.63) is 78.2 Å². The van der Waals surface area contributed by atoms with Gasteiger partial charge in [-0.25, -0.2) is 14.5 Å². The molecule has 1 N–H and O–H groups in total. The van der Waals surface area contributed by atoms with Crippen molar-refractivity contribution in [3.63, 3.8) is 0 Å². The summed E-state index contributed by atoms with van der Waals surface area (Å²) < 4.78 is 1.78. The molecule has 25 heavy (non-hydrogen) atoms. The fraction of sp³-hybridized carbons (Fsp3) is 0.105. The van der Waals surface area contributed by atoms with E-state index in [-0.39, 0.29) is 0 Å². The number of thioether (sulfide) groups is 1. The maximum absolute atomic E-state index is 10.9. The van der Waals surface area contributed by atoms with Gasteiger partial charge < -0.3 is 5.11 Å². The molecule has 0 fully saturated rings. The van der Waals surface area contributed by atoms with Gasteiger partial charge in [0.15, 0.2) is 5.16 Å². The lowest BCUT2D eigenvalue weighted by atomic mass is 9.99. The van der Waals surface area contributed by atoms with Gasteiger partial charge >= 0.3 is 0 Å². The van der Waals surface area contributed by atoms with E-state index in [0.29, 0.717) is 5.16 Å². The Labute approximate surface area is 149 Å². The molecule has 0 saturated carbocycles. The van der Waals surface area contributed by atoms with Gasteiger partial charge in [0.25, 0.3) is 0 Å². The molecule has 1 unspecified atom stereocenters. The first-order valence-electron chi connectivity index (χ1n) is 7.84. The zero-order chi connectivity index (χ0) is 17.2. The maximum Gasteiger partial charge on any atom is 0.187 e. The largest absolute Gasteiger partial charge is 0.384 e. The number of pyridine rings is 1. The highest BCUT2D eigenvalue weighted by molar-refractivity contribution is 7.98. The van der Waals surface area contributed by atoms with E-state index in [1.165, 1.54) is 11.8 Å². The van der Waals surface area contributed by atoms with Crippen LogP contribution in [-0.2, 0) is 0 Å². The summed E-state index contributed by atoms with van der Waals surface area (Å²) in [6.07, 6.45) is 6.61. The molecule has 124 valence electrons. The van der Waals surface area contributed by atoms with Crippen LogP contribution in [0.2, 0.25) is 0 Å². The molecule has 0 aliphatic rings. The summed E-state index contributed by atoms with van der Waals surface area (Å²) in [7, 11) is 0. The normalized spacial score (nSPS) is 12.4. The third kappa shape index (κ3) is 2.90. The molecule has 0 aliphatic carbocycles. The molecule has 4 rings (SSSR count). The lowest BCUT2D eigenvalue weighted by Crippen LogP contribution is -2.03. The number of aromatic nitrogens is 4. The van der Waals surface area contributed by atoms with Crippen molar-refractivity contribution in [3.8, 4) is 11.3 Å². The Hall–Kier alpha value is -2.70. The summed E-state index contributed by atoms with van der Waals surface area (Å²) in [6.45, 7) is 0. The van der Waals surface area contributed by atoms with Crippen LogP contribution in [0.25, 0.3) is 16.8 Å². The van der Waals surface area contributed by atoms with Crippen LogP contribution in [0.1, 0.15) is 17.2 Å². The van der Waals surface area contributed by atoms with Gasteiger partial charge in [-0.3, -0.25) is 0 Å². The monoisotopic (exact) mass is 348 g/mol. The number of hydrogen-bond donors (Lipinski definition) is 1. The Balaban J connectivity index is 1.90. The second-order valence-electron chi connectivity index (χ2n) is 5.56. The lowest BCUT2D eigenvalue weighted by molar-refractivity contribution is 0.221. The topological polar surface area (TPSA) is 63.3 Å². The molecule has 4 aromatic rings. The Morgan fingerprint density at radius 3 is 2.72 bits per heavy atom. The predicted octanol–water partition coefficient (Wildman–Crippen LogP) is 3.59. The smallest absolute Gasteiger partial charge is 0.187 e. The van der Waals surface area contributed by atoms with Gasteiger partial charge in [-0.05, 0) is 24.0 Å². The van der Waals surface area contributed by atoms with E-state index in [1.807, 2.05) is 61.0 Å². The van der Waals surface area contributed by atoms with Crippen LogP contribution in [0.4, 0.5) is 0 Å². The number of hydrogen-bond acceptors (Lipinski definition) is 5. The Kier molecular flexibility index (Phi) is 4.21. The van der Waals surface area contributed by atoms with Crippen molar-refractivity contribution >= 4 is 17.3 Å². The second-order valence-corrected chi connectivity index (χ2v) is 6.33. The van der Waals surface area contributed by atoms with Gasteiger partial charge in [0.05, 0.1) is 17.4 Å². The highest BCUT2D eigenvalue weighted by atomic mass is 32.2. The van der Waals surface area contributed by atoms with Crippen molar-refractivity contribution in [2.24, 2.45) is 0 Å². The van der Waals surface area contributed by atoms with E-state index in [0.717, 1.165) is 27.9 Å². The van der Waals surface area contributed by atoms with Crippen LogP contribution >= 0.6 is 11.8 Å². The van der Waals surface area contributed by atoms with Gasteiger partial charge in [0.2, 0.25) is 0 Å². The quantitative estimate of drug-likeness (QED) is 0.451. The molecule has 5 nitrogen and oxygen atoms in total. The molecule has 0 spiro atoms. The highest BCUT2D eigenvalue weighted by Crippen LogP contribution is 2.32. The molecule has 0 amide bonds. The van der Waals surface area contributed by atoms with E-state index in [4.69, 9.17) is 0 Å². The average molecular weight is 348 g/mol. The molecule has 3 aromatic heterocycles. The fourth-order valence-corrected chi connectivity index (χ4v) is 3.24. The van der Waals surface area contributed by atoms with E-state index < -0.39 is 6.10 Å². The number of aliphatic hydroxyl groups is 1. The summed E-state index contributed by atoms with van der Waals surface area (Å²) >= 11 is 1.49. The molecule has 0 bridgehead atoms. The Morgan fingerprint density at radius 2 is 1.92 bits per heavy atom. The number of benzene rings is 1. The van der Waals surface area contributed by atoms with E-state index >= 15 is 0 Å². The molecule has 6 heteroatoms. The SMILES string of the molecule is CSc1nccc(-c2cnn3cccc(C(O)c4ccccc4)c23)n1. The van der Waals surface area contributed by atoms with Crippen LogP contribution in [0.5, 0.6) is 0 Å². The fourth-order valence-electron chi connectivity index (χ4n) is 2.88. The molecular formula is C19H16N4OS. The molecule has 3 heterocycles. The first kappa shape index (κ1) is 15.8. The lowest BCUT2D eigenvalue weighted by Gasteiger charge is -2.14. The summed E-state index contributed by atoms with van der Waals surface area (Å²) in [5.74, 6) is 0. The van der Waals surface area contributed by atoms with Crippen molar-refractivity contribution < 1.29 is 5.11 Å². The first-order valence-corrected chi connectivity index (χ1v) is 9.07. The number of aliphatic hydroxyl groups excluding tert-OH is 1. The maximum atomic E-state index is 10.9. The van der Waals surface area contributed by atoms with E-state index in [9.17, 15) is 5.11 Å². The van der Waals surface area contributed by atoms with Crippen LogP contribution in [-0.4, -0.2) is 30.9 Å². The van der Waals surface area contributed by atoms with Crippen LogP contribution in [0.3, 0.4) is 0 Å². The van der Waals surface area contributed by atoms with Crippen LogP contribution in [0.15, 0.2) is 72.3 Å². The van der Waals surface area contributed by atoms with Gasteiger partial charge in [0, 0.05) is 23.5 Å². The zero-order valence-corrected chi connectivity index (χ0v) is 14.4. The molecule has 1 atom stereocenters. The number of nitrogens with zero attached hydrogens (tertiary/aromatic N) is 4. The predicted molar refractivity (Wildman–Crippen MR) is 98.5 cm³/mol. The van der Waals surface area contributed by atoms with Crippen molar-refractivity contribution in [2.45, 2.75) is 11.3 Å². The molecule has 0 saturated heterocycles. The molecule has 1 aromatic carbocycles. The van der Waals surface area contributed by atoms with E-state index in [1.54, 1.807) is 16.9 Å². The summed E-state index contributed by atoms with van der Waals surface area (Å²) in [6, 6.07) is 15.3. The molecular weight excluding hydrogens is 332 g/mol. The minimum atomic E-state index is -0.734. The highest BCUT2D eigenvalue weighted by Gasteiger charge is 2.18. The minimum Gasteiger partial charge on any atom is -0.384 e. The van der Waals surface area contributed by atoms with Gasteiger partial charge in [-0.1, -0.05) is 48.2 Å². The zero-order valence-electron chi connectivity index (χ0n) is 13.6. The van der Waals surface area contributed by atoms with Crippen molar-refractivity contribution in [1.82, 2.24) is 19.6 Å². The Bertz CT molecular complexity index is 1020. The third-order valence-corrected chi connectivity index (χ3v) is 4.64. The van der Waals surface area contributed by atoms with Crippen molar-refractivity contribution in [1.29, 1.82) is 0 Å². The van der Waals surface area contributed by atoms with E-state index in [2.05, 4.69) is 15.1 Å². The number of rotatable bonds is 4. The van der Waals surface area contributed by atoms with Gasteiger partial charge in [-0.15, -0.1) is 0 Å². The Morgan fingerprint density at radius 1 is 1.08 bits per heavy atom. The molecule has 0 aliphatic heterocycles. The summed E-state index contributed by atoms with van der Waals surface area (Å²) in [5, 5.41) is 16.0. The van der Waals surface area contributed by atoms with Crippen LogP contribution in [0, 0.1) is 0 Å². The summed E-state index contributed by atoms with van der Waals surface area (Å²) in [4.78, 5) is 8.80. The molecule has 0 radical (unpaired) electrons. The second kappa shape index (κ2) is 6.66. The third-order valence-electron chi connectivity index (χ3n) is 4.07. The van der Waals surface area contributed by atoms with Gasteiger partial charge in [0.1, 0.15) is 6.10 Å². The van der Waals surface area contributed by atoms with Gasteiger partial charge in [-0.2, -0.15) is 5.10 Å². The number of fused-ring (bicyclic) bond motifs is 1. The van der Waals surface area contributed by atoms with Crippen molar-refractivity contribution in [2.75, 3.05) is 6.26 Å². The average Bonchev–Trinajstić information content (AvgIpc) is 3.12. The first-order chi connectivity index (χ1) is 12.3. The van der Waals surface area contributed by atoms with Crippen LogP contribution < -0.4 is 0 Å². The standard InChI is InChI=1S/C19H16N4OS/c1-25-19-20-10-9-16(22-19)15-12-21-23-11-5-8-14(17(15)23)18(24)13-6-3-2-4-7-13/h2-12,18,24H,1H3. The minimum absolute atomic E-state index is 0.706. The summed E-state index contributed by atoms with van der Waals surface area (Å²) in [5.41, 5.74) is 4.16.